The first-order chi connectivity index (χ1) is 20.5. The van der Waals surface area contributed by atoms with Gasteiger partial charge in [-0.3, -0.25) is 4.79 Å². The quantitative estimate of drug-likeness (QED) is 0.0486. The number of aliphatic hydroxyl groups is 4. The Morgan fingerprint density at radius 3 is 1.14 bits per heavy atom. The van der Waals surface area contributed by atoms with Crippen LogP contribution in [0.1, 0.15) is 194 Å². The first-order valence-electron chi connectivity index (χ1n) is 18.4. The van der Waals surface area contributed by atoms with E-state index in [4.69, 9.17) is 0 Å². The van der Waals surface area contributed by atoms with Crippen LogP contribution in [0.3, 0.4) is 0 Å². The third kappa shape index (κ3) is 25.8. The van der Waals surface area contributed by atoms with Crippen molar-refractivity contribution in [2.75, 3.05) is 6.61 Å². The van der Waals surface area contributed by atoms with Gasteiger partial charge < -0.3 is 25.7 Å². The normalized spacial score (nSPS) is 14.5. The first kappa shape index (κ1) is 41.3. The fourth-order valence-electron chi connectivity index (χ4n) is 5.81. The molecule has 0 aromatic rings. The summed E-state index contributed by atoms with van der Waals surface area (Å²) in [5.41, 5.74) is 0. The summed E-state index contributed by atoms with van der Waals surface area (Å²) in [5, 5.41) is 43.4. The van der Waals surface area contributed by atoms with Crippen LogP contribution in [0.5, 0.6) is 0 Å². The SMILES string of the molecule is CCCCCCCCCCCCCCCCC(O)C(=O)N[C@@H](CO)[C@H](O)[C@H](O)CCCCCCCCCCCCCC. The highest BCUT2D eigenvalue weighted by molar-refractivity contribution is 5.80. The van der Waals surface area contributed by atoms with Crippen molar-refractivity contribution < 1.29 is 25.2 Å². The number of rotatable bonds is 33. The molecule has 0 aromatic heterocycles. The standard InChI is InChI=1S/C36H73NO5/c1-3-5-7-9-11-13-15-17-18-20-22-24-26-28-30-34(40)36(42)37-32(31-38)35(41)33(39)29-27-25-23-21-19-16-14-12-10-8-6-4-2/h32-35,38-41H,3-31H2,1-2H3,(H,37,42)/t32-,33+,34?,35-/m0/s1. The van der Waals surface area contributed by atoms with Crippen LogP contribution in [0.2, 0.25) is 0 Å². The molecule has 0 radical (unpaired) electrons. The highest BCUT2D eigenvalue weighted by Gasteiger charge is 2.28. The Hall–Kier alpha value is -0.690. The van der Waals surface area contributed by atoms with Gasteiger partial charge in [-0.1, -0.05) is 181 Å². The van der Waals surface area contributed by atoms with Gasteiger partial charge in [-0.2, -0.15) is 0 Å². The minimum absolute atomic E-state index is 0.375. The van der Waals surface area contributed by atoms with E-state index in [2.05, 4.69) is 19.2 Å². The third-order valence-corrected chi connectivity index (χ3v) is 8.82. The number of hydrogen-bond acceptors (Lipinski definition) is 5. The summed E-state index contributed by atoms with van der Waals surface area (Å²) in [6, 6.07) is -0.976. The third-order valence-electron chi connectivity index (χ3n) is 8.82. The van der Waals surface area contributed by atoms with Crippen LogP contribution in [-0.4, -0.2) is 57.3 Å². The molecule has 0 aliphatic heterocycles. The van der Waals surface area contributed by atoms with Gasteiger partial charge >= 0.3 is 0 Å². The largest absolute Gasteiger partial charge is 0.394 e. The van der Waals surface area contributed by atoms with Crippen molar-refractivity contribution in [3.8, 4) is 0 Å². The smallest absolute Gasteiger partial charge is 0.249 e. The molecule has 5 N–H and O–H groups in total. The van der Waals surface area contributed by atoms with Crippen molar-refractivity contribution in [2.24, 2.45) is 0 Å². The number of carbonyl (C=O) groups excluding carboxylic acids is 1. The van der Waals surface area contributed by atoms with Crippen LogP contribution in [0.4, 0.5) is 0 Å². The first-order valence-corrected chi connectivity index (χ1v) is 18.4. The van der Waals surface area contributed by atoms with E-state index in [1.165, 1.54) is 128 Å². The molecule has 0 saturated heterocycles. The fourth-order valence-corrected chi connectivity index (χ4v) is 5.81. The van der Waals surface area contributed by atoms with Gasteiger partial charge in [0.2, 0.25) is 5.91 Å². The Balaban J connectivity index is 3.80. The number of amides is 1. The number of nitrogens with one attached hydrogen (secondary N) is 1. The molecule has 42 heavy (non-hydrogen) atoms. The zero-order valence-electron chi connectivity index (χ0n) is 28.0. The second kappa shape index (κ2) is 31.7. The lowest BCUT2D eigenvalue weighted by Gasteiger charge is -2.27. The number of carbonyl (C=O) groups is 1. The minimum atomic E-state index is -1.25. The van der Waals surface area contributed by atoms with E-state index in [-0.39, 0.29) is 0 Å². The van der Waals surface area contributed by atoms with E-state index >= 15 is 0 Å². The maximum atomic E-state index is 12.4. The summed E-state index contributed by atoms with van der Waals surface area (Å²) < 4.78 is 0. The molecule has 0 aromatic carbocycles. The van der Waals surface area contributed by atoms with E-state index in [9.17, 15) is 25.2 Å². The molecular weight excluding hydrogens is 526 g/mol. The molecule has 0 heterocycles. The van der Waals surface area contributed by atoms with Crippen LogP contribution < -0.4 is 5.32 Å². The molecule has 0 fully saturated rings. The highest BCUT2D eigenvalue weighted by atomic mass is 16.3. The summed E-state index contributed by atoms with van der Waals surface area (Å²) in [6.07, 6.45) is 29.7. The molecule has 1 unspecified atom stereocenters. The molecule has 6 heteroatoms. The predicted molar refractivity (Wildman–Crippen MR) is 178 cm³/mol. The zero-order valence-corrected chi connectivity index (χ0v) is 28.0. The van der Waals surface area contributed by atoms with Gasteiger partial charge in [0.05, 0.1) is 18.8 Å². The van der Waals surface area contributed by atoms with Gasteiger partial charge in [0.1, 0.15) is 12.2 Å². The van der Waals surface area contributed by atoms with Crippen molar-refractivity contribution in [3.05, 3.63) is 0 Å². The molecule has 0 bridgehead atoms. The Kier molecular flexibility index (Phi) is 31.2. The second-order valence-corrected chi connectivity index (χ2v) is 12.9. The van der Waals surface area contributed by atoms with E-state index < -0.39 is 36.9 Å². The zero-order chi connectivity index (χ0) is 31.1. The number of aliphatic hydroxyl groups excluding tert-OH is 4. The van der Waals surface area contributed by atoms with E-state index in [0.29, 0.717) is 12.8 Å². The minimum Gasteiger partial charge on any atom is -0.394 e. The molecule has 6 nitrogen and oxygen atoms in total. The molecule has 4 atom stereocenters. The molecule has 0 rings (SSSR count). The maximum Gasteiger partial charge on any atom is 0.249 e. The Bertz CT molecular complexity index is 561. The average Bonchev–Trinajstić information content (AvgIpc) is 2.99. The van der Waals surface area contributed by atoms with Crippen molar-refractivity contribution >= 4 is 5.91 Å². The van der Waals surface area contributed by atoms with Crippen molar-refractivity contribution in [3.63, 3.8) is 0 Å². The van der Waals surface area contributed by atoms with Crippen LogP contribution in [0.15, 0.2) is 0 Å². The van der Waals surface area contributed by atoms with Gasteiger partial charge in [0.15, 0.2) is 0 Å². The van der Waals surface area contributed by atoms with Crippen molar-refractivity contribution in [1.82, 2.24) is 5.32 Å². The predicted octanol–water partition coefficient (Wildman–Crippen LogP) is 8.51. The summed E-state index contributed by atoms with van der Waals surface area (Å²) in [6.45, 7) is 4.03. The van der Waals surface area contributed by atoms with Gasteiger partial charge in [0.25, 0.3) is 0 Å². The van der Waals surface area contributed by atoms with Crippen LogP contribution in [-0.2, 0) is 4.79 Å². The Labute approximate surface area is 260 Å². The second-order valence-electron chi connectivity index (χ2n) is 12.9. The molecule has 1 amide bonds. The van der Waals surface area contributed by atoms with Crippen molar-refractivity contribution in [2.45, 2.75) is 218 Å². The fraction of sp³-hybridized carbons (Fsp3) is 0.972. The molecular formula is C36H73NO5. The lowest BCUT2D eigenvalue weighted by molar-refractivity contribution is -0.132. The van der Waals surface area contributed by atoms with E-state index in [1.807, 2.05) is 0 Å². The summed E-state index contributed by atoms with van der Waals surface area (Å²) >= 11 is 0. The van der Waals surface area contributed by atoms with E-state index in [0.717, 1.165) is 38.5 Å². The van der Waals surface area contributed by atoms with Gasteiger partial charge in [-0.25, -0.2) is 0 Å². The molecule has 0 aliphatic rings. The topological polar surface area (TPSA) is 110 Å². The Morgan fingerprint density at radius 2 is 0.810 bits per heavy atom. The van der Waals surface area contributed by atoms with Gasteiger partial charge in [-0.15, -0.1) is 0 Å². The monoisotopic (exact) mass is 600 g/mol. The summed E-state index contributed by atoms with van der Waals surface area (Å²) in [4.78, 5) is 12.4. The van der Waals surface area contributed by atoms with Crippen molar-refractivity contribution in [1.29, 1.82) is 0 Å². The molecule has 0 saturated carbocycles. The van der Waals surface area contributed by atoms with Gasteiger partial charge in [-0.05, 0) is 12.8 Å². The lowest BCUT2D eigenvalue weighted by Crippen LogP contribution is -2.53. The molecule has 252 valence electrons. The van der Waals surface area contributed by atoms with E-state index in [1.54, 1.807) is 0 Å². The lowest BCUT2D eigenvalue weighted by atomic mass is 9.99. The molecule has 0 aliphatic carbocycles. The van der Waals surface area contributed by atoms with Crippen LogP contribution in [0, 0.1) is 0 Å². The highest BCUT2D eigenvalue weighted by Crippen LogP contribution is 2.16. The maximum absolute atomic E-state index is 12.4. The van der Waals surface area contributed by atoms with Gasteiger partial charge in [0, 0.05) is 0 Å². The number of unbranched alkanes of at least 4 members (excludes halogenated alkanes) is 24. The van der Waals surface area contributed by atoms with Crippen LogP contribution in [0.25, 0.3) is 0 Å². The van der Waals surface area contributed by atoms with Crippen LogP contribution >= 0.6 is 0 Å². The average molecular weight is 600 g/mol. The molecule has 0 spiro atoms. The summed E-state index contributed by atoms with van der Waals surface area (Å²) in [5.74, 6) is -0.583. The Morgan fingerprint density at radius 1 is 0.500 bits per heavy atom. The number of hydrogen-bond donors (Lipinski definition) is 5. The summed E-state index contributed by atoms with van der Waals surface area (Å²) in [7, 11) is 0.